The maximum atomic E-state index is 14.1. The number of hydrogen-bond acceptors (Lipinski definition) is 5. The van der Waals surface area contributed by atoms with Gasteiger partial charge in [0.1, 0.15) is 5.69 Å². The topological polar surface area (TPSA) is 81.7 Å². The standard InChI is InChI=1S/C25H24F3N7O/c1-4-16-11-18-23(32-33(3)24(18)14-9-19(26)22(28)20(27)10-14)21(5-2)34(16)25(36)15-8-17(13-29-12-15)35-30-6-7-31-35/h6-10,12-13,16,21H,4-5,11H2,1-3H3/t16-,21+/m0/s1. The Labute approximate surface area is 205 Å². The van der Waals surface area contributed by atoms with Gasteiger partial charge in [-0.15, -0.1) is 0 Å². The summed E-state index contributed by atoms with van der Waals surface area (Å²) in [5, 5.41) is 12.9. The molecule has 0 radical (unpaired) electrons. The smallest absolute Gasteiger partial charge is 0.256 e. The summed E-state index contributed by atoms with van der Waals surface area (Å²) in [6.45, 7) is 3.94. The third-order valence-electron chi connectivity index (χ3n) is 6.63. The average molecular weight is 496 g/mol. The molecule has 0 aliphatic carbocycles. The van der Waals surface area contributed by atoms with Crippen molar-refractivity contribution in [2.75, 3.05) is 0 Å². The number of fused-ring (bicyclic) bond motifs is 1. The van der Waals surface area contributed by atoms with Gasteiger partial charge in [0, 0.05) is 30.4 Å². The van der Waals surface area contributed by atoms with Gasteiger partial charge in [0.2, 0.25) is 0 Å². The van der Waals surface area contributed by atoms with E-state index in [4.69, 9.17) is 0 Å². The highest BCUT2D eigenvalue weighted by molar-refractivity contribution is 5.95. The van der Waals surface area contributed by atoms with Crippen LogP contribution in [0.3, 0.4) is 0 Å². The van der Waals surface area contributed by atoms with Gasteiger partial charge < -0.3 is 4.90 Å². The lowest BCUT2D eigenvalue weighted by atomic mass is 9.87. The van der Waals surface area contributed by atoms with Crippen LogP contribution in [0.1, 0.15) is 54.3 Å². The van der Waals surface area contributed by atoms with Crippen LogP contribution in [-0.4, -0.2) is 46.6 Å². The van der Waals surface area contributed by atoms with Crippen LogP contribution < -0.4 is 0 Å². The van der Waals surface area contributed by atoms with Crippen LogP contribution in [-0.2, 0) is 13.5 Å². The lowest BCUT2D eigenvalue weighted by molar-refractivity contribution is 0.0512. The predicted octanol–water partition coefficient (Wildman–Crippen LogP) is 4.41. The fourth-order valence-electron chi connectivity index (χ4n) is 5.02. The minimum Gasteiger partial charge on any atom is -0.327 e. The van der Waals surface area contributed by atoms with Crippen LogP contribution in [0.25, 0.3) is 16.9 Å². The monoisotopic (exact) mass is 495 g/mol. The predicted molar refractivity (Wildman–Crippen MR) is 125 cm³/mol. The van der Waals surface area contributed by atoms with E-state index in [9.17, 15) is 18.0 Å². The minimum atomic E-state index is -1.51. The molecule has 0 saturated carbocycles. The summed E-state index contributed by atoms with van der Waals surface area (Å²) in [4.78, 5) is 21.2. The number of amides is 1. The normalized spacial score (nSPS) is 17.3. The van der Waals surface area contributed by atoms with Gasteiger partial charge in [0.25, 0.3) is 5.91 Å². The molecule has 0 fully saturated rings. The Balaban J connectivity index is 1.58. The molecule has 8 nitrogen and oxygen atoms in total. The zero-order chi connectivity index (χ0) is 25.6. The molecule has 36 heavy (non-hydrogen) atoms. The lowest BCUT2D eigenvalue weighted by Gasteiger charge is -2.41. The Morgan fingerprint density at radius 2 is 1.72 bits per heavy atom. The molecule has 2 atom stereocenters. The van der Waals surface area contributed by atoms with Gasteiger partial charge in [-0.2, -0.15) is 20.1 Å². The zero-order valence-electron chi connectivity index (χ0n) is 20.0. The van der Waals surface area contributed by atoms with Crippen molar-refractivity contribution in [1.82, 2.24) is 34.7 Å². The summed E-state index contributed by atoms with van der Waals surface area (Å²) >= 11 is 0. The van der Waals surface area contributed by atoms with Crippen molar-refractivity contribution in [3.8, 4) is 16.9 Å². The van der Waals surface area contributed by atoms with Crippen LogP contribution in [0.15, 0.2) is 43.0 Å². The summed E-state index contributed by atoms with van der Waals surface area (Å²) < 4.78 is 43.3. The van der Waals surface area contributed by atoms with Crippen LogP contribution in [0, 0.1) is 17.5 Å². The molecular weight excluding hydrogens is 471 g/mol. The Hall–Kier alpha value is -4.02. The fraction of sp³-hybridized carbons (Fsp3) is 0.320. The molecule has 3 aromatic heterocycles. The molecule has 1 aliphatic rings. The first-order chi connectivity index (χ1) is 17.3. The van der Waals surface area contributed by atoms with Crippen LogP contribution in [0.2, 0.25) is 0 Å². The Morgan fingerprint density at radius 3 is 2.36 bits per heavy atom. The number of rotatable bonds is 5. The van der Waals surface area contributed by atoms with E-state index in [-0.39, 0.29) is 23.6 Å². The molecule has 5 rings (SSSR count). The number of aryl methyl sites for hydroxylation is 1. The van der Waals surface area contributed by atoms with Crippen molar-refractivity contribution in [3.05, 3.63) is 77.3 Å². The quantitative estimate of drug-likeness (QED) is 0.383. The van der Waals surface area contributed by atoms with Crippen molar-refractivity contribution >= 4 is 5.91 Å². The van der Waals surface area contributed by atoms with Crippen molar-refractivity contribution < 1.29 is 18.0 Å². The maximum Gasteiger partial charge on any atom is 0.256 e. The Bertz CT molecular complexity index is 1410. The first-order valence-electron chi connectivity index (χ1n) is 11.7. The molecule has 0 N–H and O–H groups in total. The van der Waals surface area contributed by atoms with Crippen LogP contribution >= 0.6 is 0 Å². The van der Waals surface area contributed by atoms with Gasteiger partial charge in [-0.3, -0.25) is 14.5 Å². The average Bonchev–Trinajstić information content (AvgIpc) is 3.53. The molecular formula is C25H24F3N7O. The highest BCUT2D eigenvalue weighted by Crippen LogP contribution is 2.41. The number of pyridine rings is 1. The number of nitrogens with zero attached hydrogens (tertiary/aromatic N) is 7. The van der Waals surface area contributed by atoms with Crippen molar-refractivity contribution in [2.24, 2.45) is 7.05 Å². The van der Waals surface area contributed by atoms with E-state index in [1.165, 1.54) is 11.0 Å². The first kappa shape index (κ1) is 23.7. The third-order valence-corrected chi connectivity index (χ3v) is 6.63. The summed E-state index contributed by atoms with van der Waals surface area (Å²) in [6, 6.07) is 3.09. The SMILES string of the molecule is CC[C@H]1Cc2c(nn(C)c2-c2cc(F)c(F)c(F)c2)[C@@H](CC)N1C(=O)c1cncc(-n2nccn2)c1. The molecule has 0 unspecified atom stereocenters. The number of carbonyl (C=O) groups excluding carboxylic acids is 1. The summed E-state index contributed by atoms with van der Waals surface area (Å²) in [6.07, 6.45) is 7.83. The van der Waals surface area contributed by atoms with Gasteiger partial charge in [-0.05, 0) is 37.5 Å². The zero-order valence-corrected chi connectivity index (χ0v) is 20.0. The van der Waals surface area contributed by atoms with Crippen LogP contribution in [0.5, 0.6) is 0 Å². The van der Waals surface area contributed by atoms with E-state index in [0.717, 1.165) is 17.7 Å². The number of carbonyl (C=O) groups is 1. The summed E-state index contributed by atoms with van der Waals surface area (Å²) in [7, 11) is 1.68. The van der Waals surface area contributed by atoms with Crippen molar-refractivity contribution in [1.29, 1.82) is 0 Å². The van der Waals surface area contributed by atoms with E-state index in [1.54, 1.807) is 36.4 Å². The number of hydrogen-bond donors (Lipinski definition) is 0. The van der Waals surface area contributed by atoms with Crippen molar-refractivity contribution in [3.63, 3.8) is 0 Å². The molecule has 186 valence electrons. The molecule has 1 aliphatic heterocycles. The second kappa shape index (κ2) is 9.21. The second-order valence-electron chi connectivity index (χ2n) is 8.74. The maximum absolute atomic E-state index is 14.1. The first-order valence-corrected chi connectivity index (χ1v) is 11.7. The summed E-state index contributed by atoms with van der Waals surface area (Å²) in [5.41, 5.74) is 3.14. The minimum absolute atomic E-state index is 0.195. The van der Waals surface area contributed by atoms with Gasteiger partial charge in [0.15, 0.2) is 17.5 Å². The molecule has 0 bridgehead atoms. The van der Waals surface area contributed by atoms with E-state index in [2.05, 4.69) is 20.3 Å². The van der Waals surface area contributed by atoms with Gasteiger partial charge in [0.05, 0.1) is 41.6 Å². The molecule has 1 aromatic carbocycles. The lowest BCUT2D eigenvalue weighted by Crippen LogP contribution is -2.47. The largest absolute Gasteiger partial charge is 0.327 e. The number of aromatic nitrogens is 6. The number of halogens is 3. The highest BCUT2D eigenvalue weighted by atomic mass is 19.2. The fourth-order valence-corrected chi connectivity index (χ4v) is 5.02. The number of benzene rings is 1. The molecule has 4 aromatic rings. The van der Waals surface area contributed by atoms with E-state index < -0.39 is 17.5 Å². The van der Waals surface area contributed by atoms with E-state index in [1.807, 2.05) is 18.7 Å². The van der Waals surface area contributed by atoms with Crippen molar-refractivity contribution in [2.45, 2.75) is 45.2 Å². The van der Waals surface area contributed by atoms with E-state index >= 15 is 0 Å². The van der Waals surface area contributed by atoms with Crippen LogP contribution in [0.4, 0.5) is 13.2 Å². The highest BCUT2D eigenvalue weighted by Gasteiger charge is 2.40. The Morgan fingerprint density at radius 1 is 1.03 bits per heavy atom. The third kappa shape index (κ3) is 3.84. The molecule has 0 saturated heterocycles. The second-order valence-corrected chi connectivity index (χ2v) is 8.74. The molecule has 4 heterocycles. The molecule has 11 heteroatoms. The van der Waals surface area contributed by atoms with E-state index in [0.29, 0.717) is 41.9 Å². The van der Waals surface area contributed by atoms with Gasteiger partial charge >= 0.3 is 0 Å². The molecule has 1 amide bonds. The van der Waals surface area contributed by atoms with Gasteiger partial charge in [-0.1, -0.05) is 13.8 Å². The van der Waals surface area contributed by atoms with Gasteiger partial charge in [-0.25, -0.2) is 13.2 Å². The summed E-state index contributed by atoms with van der Waals surface area (Å²) in [5.74, 6) is -4.23. The molecule has 0 spiro atoms. The Kier molecular flexibility index (Phi) is 6.07.